The highest BCUT2D eigenvalue weighted by Gasteiger charge is 2.28. The highest BCUT2D eigenvalue weighted by Crippen LogP contribution is 2.24. The second-order valence-corrected chi connectivity index (χ2v) is 5.50. The van der Waals surface area contributed by atoms with Gasteiger partial charge in [0.25, 0.3) is 0 Å². The lowest BCUT2D eigenvalue weighted by atomic mass is 10.2. The van der Waals surface area contributed by atoms with Crippen LogP contribution in [0.3, 0.4) is 0 Å². The molecule has 0 aliphatic carbocycles. The van der Waals surface area contributed by atoms with E-state index in [-0.39, 0.29) is 0 Å². The number of benzene rings is 1. The van der Waals surface area contributed by atoms with Gasteiger partial charge >= 0.3 is 0 Å². The smallest absolute Gasteiger partial charge is 0.145 e. The van der Waals surface area contributed by atoms with E-state index in [1.807, 2.05) is 31.2 Å². The average Bonchev–Trinajstić information content (AvgIpc) is 2.74. The lowest BCUT2D eigenvalue weighted by Gasteiger charge is -2.25. The Morgan fingerprint density at radius 1 is 1.33 bits per heavy atom. The van der Waals surface area contributed by atoms with Gasteiger partial charge in [0.15, 0.2) is 0 Å². The molecule has 1 aromatic rings. The zero-order chi connectivity index (χ0) is 14.5. The first-order valence-corrected chi connectivity index (χ1v) is 7.93. The lowest BCUT2D eigenvalue weighted by Crippen LogP contribution is -2.41. The van der Waals surface area contributed by atoms with E-state index >= 15 is 0 Å². The van der Waals surface area contributed by atoms with Crippen molar-refractivity contribution in [1.29, 1.82) is 0 Å². The predicted octanol–water partition coefficient (Wildman–Crippen LogP) is 2.62. The molecule has 5 heteroatoms. The van der Waals surface area contributed by atoms with Crippen LogP contribution in [0.25, 0.3) is 0 Å². The molecule has 21 heavy (non-hydrogen) atoms. The normalized spacial score (nSPS) is 21.1. The summed E-state index contributed by atoms with van der Waals surface area (Å²) < 4.78 is 5.65. The number of para-hydroxylation sites is 2. The van der Waals surface area contributed by atoms with Crippen molar-refractivity contribution in [3.05, 3.63) is 24.3 Å². The lowest BCUT2D eigenvalue weighted by molar-refractivity contribution is 0.302. The molecule has 0 aromatic heterocycles. The van der Waals surface area contributed by atoms with Gasteiger partial charge in [-0.15, -0.1) is 0 Å². The summed E-state index contributed by atoms with van der Waals surface area (Å²) in [4.78, 5) is 2.41. The van der Waals surface area contributed by atoms with E-state index in [0.717, 1.165) is 30.4 Å². The van der Waals surface area contributed by atoms with Gasteiger partial charge in [-0.2, -0.15) is 5.10 Å². The maximum atomic E-state index is 5.65. The zero-order valence-corrected chi connectivity index (χ0v) is 12.6. The van der Waals surface area contributed by atoms with Crippen LogP contribution in [0.2, 0.25) is 0 Å². The summed E-state index contributed by atoms with van der Waals surface area (Å²) >= 11 is 0. The molecule has 2 heterocycles. The highest BCUT2D eigenvalue weighted by molar-refractivity contribution is 5.88. The fraction of sp³-hybridized carbons (Fsp3) is 0.562. The van der Waals surface area contributed by atoms with Crippen LogP contribution in [0, 0.1) is 0 Å². The number of hydrazone groups is 1. The third-order valence-electron chi connectivity index (χ3n) is 4.05. The van der Waals surface area contributed by atoms with Gasteiger partial charge in [-0.1, -0.05) is 18.6 Å². The fourth-order valence-corrected chi connectivity index (χ4v) is 2.97. The second kappa shape index (κ2) is 6.70. The molecule has 1 aromatic carbocycles. The maximum absolute atomic E-state index is 5.65. The molecule has 1 unspecified atom stereocenters. The molecule has 0 bridgehead atoms. The van der Waals surface area contributed by atoms with Gasteiger partial charge in [0.1, 0.15) is 17.8 Å². The molecule has 0 amide bonds. The van der Waals surface area contributed by atoms with Crippen molar-refractivity contribution in [2.24, 2.45) is 5.10 Å². The molecule has 2 aliphatic rings. The van der Waals surface area contributed by atoms with Crippen molar-refractivity contribution < 1.29 is 4.74 Å². The minimum absolute atomic E-state index is 0.395. The molecule has 5 nitrogen and oxygen atoms in total. The molecule has 2 N–H and O–H groups in total. The van der Waals surface area contributed by atoms with Crippen LogP contribution in [0.5, 0.6) is 5.75 Å². The molecule has 0 spiro atoms. The number of anilines is 1. The van der Waals surface area contributed by atoms with E-state index in [2.05, 4.69) is 20.7 Å². The Morgan fingerprint density at radius 2 is 2.24 bits per heavy atom. The van der Waals surface area contributed by atoms with E-state index in [1.54, 1.807) is 0 Å². The van der Waals surface area contributed by atoms with E-state index in [1.165, 1.54) is 25.7 Å². The van der Waals surface area contributed by atoms with Crippen LogP contribution in [0.1, 0.15) is 32.6 Å². The first kappa shape index (κ1) is 14.0. The number of nitrogens with one attached hydrogen (secondary N) is 2. The average molecular weight is 288 g/mol. The van der Waals surface area contributed by atoms with Crippen LogP contribution in [0.15, 0.2) is 29.4 Å². The molecule has 1 saturated heterocycles. The van der Waals surface area contributed by atoms with E-state index < -0.39 is 0 Å². The Kier molecular flexibility index (Phi) is 4.48. The van der Waals surface area contributed by atoms with Gasteiger partial charge in [-0.05, 0) is 38.3 Å². The summed E-state index contributed by atoms with van der Waals surface area (Å²) in [5, 5.41) is 7.96. The van der Waals surface area contributed by atoms with Crippen LogP contribution in [-0.2, 0) is 0 Å². The number of amidine groups is 1. The minimum atomic E-state index is 0.395. The Morgan fingerprint density at radius 3 is 3.14 bits per heavy atom. The second-order valence-electron chi connectivity index (χ2n) is 5.50. The van der Waals surface area contributed by atoms with Crippen LogP contribution in [0.4, 0.5) is 5.69 Å². The summed E-state index contributed by atoms with van der Waals surface area (Å²) in [5.41, 5.74) is 4.30. The third-order valence-corrected chi connectivity index (χ3v) is 4.05. The first-order chi connectivity index (χ1) is 10.4. The molecule has 1 atom stereocenters. The molecular formula is C16H24N4O. The Balaban J connectivity index is 1.62. The fourth-order valence-electron chi connectivity index (χ4n) is 2.97. The molecule has 1 fully saturated rings. The van der Waals surface area contributed by atoms with Crippen molar-refractivity contribution in [2.45, 2.75) is 38.8 Å². The summed E-state index contributed by atoms with van der Waals surface area (Å²) in [5.74, 6) is 2.01. The SMILES string of the molecule is CCOc1ccccc1NCC1=NNC2CCCCCN12. The van der Waals surface area contributed by atoms with Gasteiger partial charge in [-0.25, -0.2) is 0 Å². The molecule has 3 rings (SSSR count). The zero-order valence-electron chi connectivity index (χ0n) is 12.6. The Labute approximate surface area is 126 Å². The number of ether oxygens (including phenoxy) is 1. The van der Waals surface area contributed by atoms with Crippen molar-refractivity contribution in [2.75, 3.05) is 25.0 Å². The number of rotatable bonds is 5. The summed E-state index contributed by atoms with van der Waals surface area (Å²) in [6.45, 7) is 4.51. The Hall–Kier alpha value is -1.91. The van der Waals surface area contributed by atoms with Gasteiger partial charge < -0.3 is 15.0 Å². The van der Waals surface area contributed by atoms with Gasteiger partial charge in [0, 0.05) is 6.54 Å². The summed E-state index contributed by atoms with van der Waals surface area (Å²) in [6, 6.07) is 8.06. The first-order valence-electron chi connectivity index (χ1n) is 7.93. The van der Waals surface area contributed by atoms with Gasteiger partial charge in [0.2, 0.25) is 0 Å². The van der Waals surface area contributed by atoms with E-state index in [4.69, 9.17) is 4.74 Å². The molecule has 114 valence electrons. The third kappa shape index (κ3) is 3.23. The number of nitrogens with zero attached hydrogens (tertiary/aromatic N) is 2. The van der Waals surface area contributed by atoms with E-state index in [9.17, 15) is 0 Å². The Bertz CT molecular complexity index is 503. The monoisotopic (exact) mass is 288 g/mol. The van der Waals surface area contributed by atoms with Crippen molar-refractivity contribution in [3.63, 3.8) is 0 Å². The quantitative estimate of drug-likeness (QED) is 0.874. The molecule has 0 saturated carbocycles. The van der Waals surface area contributed by atoms with Gasteiger partial charge in [-0.3, -0.25) is 5.43 Å². The van der Waals surface area contributed by atoms with Crippen LogP contribution < -0.4 is 15.5 Å². The van der Waals surface area contributed by atoms with Gasteiger partial charge in [0.05, 0.1) is 18.8 Å². The van der Waals surface area contributed by atoms with Crippen molar-refractivity contribution in [1.82, 2.24) is 10.3 Å². The minimum Gasteiger partial charge on any atom is -0.492 e. The van der Waals surface area contributed by atoms with Crippen molar-refractivity contribution >= 4 is 11.5 Å². The molecule has 0 radical (unpaired) electrons. The number of hydrogen-bond donors (Lipinski definition) is 2. The molecule has 2 aliphatic heterocycles. The number of fused-ring (bicyclic) bond motifs is 1. The van der Waals surface area contributed by atoms with Crippen molar-refractivity contribution in [3.8, 4) is 5.75 Å². The highest BCUT2D eigenvalue weighted by atomic mass is 16.5. The van der Waals surface area contributed by atoms with Crippen LogP contribution >= 0.6 is 0 Å². The molecular weight excluding hydrogens is 264 g/mol. The standard InChI is InChI=1S/C16H24N4O/c1-2-21-14-9-6-5-8-13(14)17-12-16-19-18-15-10-4-3-7-11-20(15)16/h5-6,8-9,15,17-18H,2-4,7,10-12H2,1H3. The topological polar surface area (TPSA) is 48.9 Å². The predicted molar refractivity (Wildman–Crippen MR) is 85.6 cm³/mol. The van der Waals surface area contributed by atoms with E-state index in [0.29, 0.717) is 12.8 Å². The maximum Gasteiger partial charge on any atom is 0.145 e. The number of hydrogen-bond acceptors (Lipinski definition) is 5. The summed E-state index contributed by atoms with van der Waals surface area (Å²) in [7, 11) is 0. The summed E-state index contributed by atoms with van der Waals surface area (Å²) in [6.07, 6.45) is 5.45. The largest absolute Gasteiger partial charge is 0.492 e. The van der Waals surface area contributed by atoms with Crippen LogP contribution in [-0.4, -0.2) is 36.6 Å².